The predicted molar refractivity (Wildman–Crippen MR) is 212 cm³/mol. The quantitative estimate of drug-likeness (QED) is 0.0237. The number of hydrogen-bond donors (Lipinski definition) is 2. The van der Waals surface area contributed by atoms with Crippen molar-refractivity contribution in [2.75, 3.05) is 26.4 Å². The molecular weight excluding hydrogens is 718 g/mol. The Morgan fingerprint density at radius 3 is 1.48 bits per heavy atom. The summed E-state index contributed by atoms with van der Waals surface area (Å²) in [6.07, 6.45) is 41.3. The van der Waals surface area contributed by atoms with Gasteiger partial charge in [-0.05, 0) is 77.0 Å². The molecule has 0 aliphatic heterocycles. The van der Waals surface area contributed by atoms with E-state index in [0.29, 0.717) is 12.8 Å². The zero-order chi connectivity index (χ0) is 39.1. The van der Waals surface area contributed by atoms with Crippen LogP contribution in [-0.2, 0) is 32.7 Å². The third-order valence-electron chi connectivity index (χ3n) is 7.85. The minimum atomic E-state index is -4.88. The van der Waals surface area contributed by atoms with Crippen LogP contribution in [0, 0.1) is 0 Å². The van der Waals surface area contributed by atoms with Gasteiger partial charge in [-0.2, -0.15) is 0 Å². The number of allylic oxidation sites excluding steroid dienone is 12. The number of esters is 2. The molecule has 0 amide bonds. The standard InChI is InChI=1S/C42H71O10P.Na/c1-3-5-7-9-11-13-15-17-19-21-23-25-27-29-31-33-41(45)49-37-40(38-51-53(47,48)50-36-39(44)35-43)52-42(46)34-32-30-28-26-24-22-20-18-16-14-12-10-8-6-4-2;/h5-8,11-14,17-20,39-40,43-44H,3-4,9-10,15-16,21-38H2,1-2H3,(H,47,48);/q;+1/p-1/b7-5-,8-6-,13-11-,14-12-,19-17-,20-18-;/t39?,40-;/m1./s1. The zero-order valence-electron chi connectivity index (χ0n) is 33.7. The van der Waals surface area contributed by atoms with Crippen LogP contribution in [0.15, 0.2) is 72.9 Å². The molecule has 2 N–H and O–H groups in total. The second-order valence-corrected chi connectivity index (χ2v) is 14.3. The summed E-state index contributed by atoms with van der Waals surface area (Å²) >= 11 is 0. The number of phosphoric acid groups is 1. The fourth-order valence-corrected chi connectivity index (χ4v) is 5.62. The molecule has 0 aliphatic carbocycles. The Morgan fingerprint density at radius 1 is 0.593 bits per heavy atom. The van der Waals surface area contributed by atoms with Crippen molar-refractivity contribution in [2.45, 2.75) is 154 Å². The second kappa shape index (κ2) is 41.1. The van der Waals surface area contributed by atoms with Crippen molar-refractivity contribution in [1.29, 1.82) is 0 Å². The maximum atomic E-state index is 12.6. The number of ether oxygens (including phenoxy) is 2. The van der Waals surface area contributed by atoms with Gasteiger partial charge in [-0.15, -0.1) is 0 Å². The first-order valence-corrected chi connectivity index (χ1v) is 21.3. The summed E-state index contributed by atoms with van der Waals surface area (Å²) in [4.78, 5) is 37.0. The SMILES string of the molecule is CC/C=C\C/C=C\C/C=C\CCCCCCCC(=O)OC[C@H](COP(=O)([O-])OCC(O)CO)OC(=O)CCCCCCC/C=C\C/C=C\C/C=C\CC.[Na+]. The van der Waals surface area contributed by atoms with Crippen LogP contribution in [0.2, 0.25) is 0 Å². The van der Waals surface area contributed by atoms with E-state index in [-0.39, 0.29) is 49.0 Å². The zero-order valence-corrected chi connectivity index (χ0v) is 36.6. The summed E-state index contributed by atoms with van der Waals surface area (Å²) in [5, 5.41) is 18.2. The molecule has 3 atom stereocenters. The van der Waals surface area contributed by atoms with Gasteiger partial charge in [0.15, 0.2) is 6.10 Å². The van der Waals surface area contributed by atoms with E-state index in [4.69, 9.17) is 19.1 Å². The van der Waals surface area contributed by atoms with Crippen molar-refractivity contribution in [1.82, 2.24) is 0 Å². The molecular formula is C42H70NaO10P. The first kappa shape index (κ1) is 54.5. The molecule has 0 aromatic heterocycles. The summed E-state index contributed by atoms with van der Waals surface area (Å²) in [6.45, 7) is 1.90. The van der Waals surface area contributed by atoms with Crippen LogP contribution in [0.25, 0.3) is 0 Å². The molecule has 0 bridgehead atoms. The Kier molecular flexibility index (Phi) is 41.4. The fraction of sp³-hybridized carbons (Fsp3) is 0.667. The molecule has 0 aromatic rings. The molecule has 0 fully saturated rings. The second-order valence-electron chi connectivity index (χ2n) is 12.9. The maximum Gasteiger partial charge on any atom is 1.00 e. The molecule has 0 saturated carbocycles. The van der Waals surface area contributed by atoms with Gasteiger partial charge in [0.2, 0.25) is 0 Å². The molecule has 0 heterocycles. The normalized spacial score (nSPS) is 14.5. The van der Waals surface area contributed by atoms with Crippen LogP contribution in [-0.4, -0.2) is 60.8 Å². The first-order chi connectivity index (χ1) is 25.7. The van der Waals surface area contributed by atoms with Crippen LogP contribution in [0.3, 0.4) is 0 Å². The van der Waals surface area contributed by atoms with Gasteiger partial charge >= 0.3 is 41.5 Å². The Labute approximate surface area is 349 Å². The molecule has 0 aliphatic rings. The van der Waals surface area contributed by atoms with Gasteiger partial charge < -0.3 is 33.6 Å². The van der Waals surface area contributed by atoms with E-state index in [9.17, 15) is 24.2 Å². The van der Waals surface area contributed by atoms with E-state index >= 15 is 0 Å². The van der Waals surface area contributed by atoms with Gasteiger partial charge in [0.1, 0.15) is 12.7 Å². The van der Waals surface area contributed by atoms with Crippen molar-refractivity contribution in [3.8, 4) is 0 Å². The van der Waals surface area contributed by atoms with Crippen LogP contribution in [0.1, 0.15) is 142 Å². The molecule has 0 spiro atoms. The van der Waals surface area contributed by atoms with Crippen LogP contribution in [0.5, 0.6) is 0 Å². The summed E-state index contributed by atoms with van der Waals surface area (Å²) in [7, 11) is -4.88. The molecule has 0 radical (unpaired) electrons. The Balaban J connectivity index is 0. The minimum absolute atomic E-state index is 0. The molecule has 10 nitrogen and oxygen atoms in total. The molecule has 0 aromatic carbocycles. The largest absolute Gasteiger partial charge is 1.00 e. The van der Waals surface area contributed by atoms with Crippen LogP contribution in [0.4, 0.5) is 0 Å². The van der Waals surface area contributed by atoms with Gasteiger partial charge in [-0.25, -0.2) is 0 Å². The average Bonchev–Trinajstić information content (AvgIpc) is 3.14. The topological polar surface area (TPSA) is 152 Å². The van der Waals surface area contributed by atoms with Gasteiger partial charge in [0, 0.05) is 12.8 Å². The smallest absolute Gasteiger partial charge is 0.756 e. The third kappa shape index (κ3) is 40.1. The summed E-state index contributed by atoms with van der Waals surface area (Å²) in [6, 6.07) is 0. The van der Waals surface area contributed by atoms with Gasteiger partial charge in [-0.3, -0.25) is 14.2 Å². The van der Waals surface area contributed by atoms with Crippen molar-refractivity contribution in [3.63, 3.8) is 0 Å². The monoisotopic (exact) mass is 788 g/mol. The van der Waals surface area contributed by atoms with E-state index in [1.165, 1.54) is 0 Å². The first-order valence-electron chi connectivity index (χ1n) is 19.9. The van der Waals surface area contributed by atoms with Crippen molar-refractivity contribution < 1.29 is 77.3 Å². The molecule has 0 saturated heterocycles. The maximum absolute atomic E-state index is 12.6. The molecule has 54 heavy (non-hydrogen) atoms. The van der Waals surface area contributed by atoms with E-state index < -0.39 is 51.8 Å². The predicted octanol–water partition coefficient (Wildman–Crippen LogP) is 6.48. The Hall–Kier alpha value is -1.59. The van der Waals surface area contributed by atoms with Gasteiger partial charge in [0.25, 0.3) is 7.82 Å². The number of aliphatic hydroxyl groups excluding tert-OH is 2. The minimum Gasteiger partial charge on any atom is -0.756 e. The van der Waals surface area contributed by atoms with Crippen molar-refractivity contribution >= 4 is 19.8 Å². The third-order valence-corrected chi connectivity index (χ3v) is 8.78. The Bertz CT molecular complexity index is 1120. The van der Waals surface area contributed by atoms with E-state index in [1.54, 1.807) is 0 Å². The van der Waals surface area contributed by atoms with E-state index in [1.807, 2.05) is 0 Å². The average molecular weight is 789 g/mol. The molecule has 12 heteroatoms. The Morgan fingerprint density at radius 2 is 1.00 bits per heavy atom. The number of phosphoric ester groups is 1. The van der Waals surface area contributed by atoms with Gasteiger partial charge in [-0.1, -0.05) is 125 Å². The fourth-order valence-electron chi connectivity index (χ4n) is 4.84. The number of carbonyl (C=O) groups is 2. The van der Waals surface area contributed by atoms with Crippen LogP contribution < -0.4 is 34.5 Å². The number of carbonyl (C=O) groups excluding carboxylic acids is 2. The molecule has 304 valence electrons. The summed E-state index contributed by atoms with van der Waals surface area (Å²) in [5.74, 6) is -1.01. The number of unbranched alkanes of at least 4 members (excludes halogenated alkanes) is 10. The van der Waals surface area contributed by atoms with E-state index in [2.05, 4.69) is 91.3 Å². The van der Waals surface area contributed by atoms with Crippen LogP contribution >= 0.6 is 7.82 Å². The number of hydrogen-bond acceptors (Lipinski definition) is 10. The number of rotatable bonds is 36. The van der Waals surface area contributed by atoms with Gasteiger partial charge in [0.05, 0.1) is 19.8 Å². The summed E-state index contributed by atoms with van der Waals surface area (Å²) < 4.78 is 32.2. The van der Waals surface area contributed by atoms with Crippen molar-refractivity contribution in [3.05, 3.63) is 72.9 Å². The number of aliphatic hydroxyl groups is 2. The van der Waals surface area contributed by atoms with Crippen molar-refractivity contribution in [2.24, 2.45) is 0 Å². The molecule has 2 unspecified atom stereocenters. The van der Waals surface area contributed by atoms with E-state index in [0.717, 1.165) is 103 Å². The summed E-state index contributed by atoms with van der Waals surface area (Å²) in [5.41, 5.74) is 0. The molecule has 0 rings (SSSR count).